The first-order valence-electron chi connectivity index (χ1n) is 8.32. The molecule has 1 unspecified atom stereocenters. The van der Waals surface area contributed by atoms with Gasteiger partial charge in [-0.05, 0) is 44.0 Å². The van der Waals surface area contributed by atoms with Crippen molar-refractivity contribution >= 4 is 27.5 Å². The molecule has 3 heterocycles. The summed E-state index contributed by atoms with van der Waals surface area (Å²) in [7, 11) is 0. The van der Waals surface area contributed by atoms with Gasteiger partial charge in [0.15, 0.2) is 0 Å². The Bertz CT molecular complexity index is 781. The highest BCUT2D eigenvalue weighted by atomic mass is 32.1. The molecule has 0 aromatic carbocycles. The van der Waals surface area contributed by atoms with E-state index in [-0.39, 0.29) is 16.8 Å². The van der Waals surface area contributed by atoms with Gasteiger partial charge >= 0.3 is 6.18 Å². The van der Waals surface area contributed by atoms with Crippen molar-refractivity contribution in [1.29, 1.82) is 0 Å². The van der Waals surface area contributed by atoms with Crippen LogP contribution in [0, 0.1) is 6.92 Å². The normalized spacial score (nSPS) is 18.0. The van der Waals surface area contributed by atoms with Gasteiger partial charge < -0.3 is 10.2 Å². The number of thiophene rings is 1. The van der Waals surface area contributed by atoms with Crippen LogP contribution in [0.15, 0.2) is 12.1 Å². The van der Waals surface area contributed by atoms with E-state index in [1.54, 1.807) is 6.92 Å². The van der Waals surface area contributed by atoms with Gasteiger partial charge in [0.1, 0.15) is 10.5 Å². The third kappa shape index (κ3) is 3.50. The number of alkyl halides is 3. The molecule has 1 aliphatic rings. The lowest BCUT2D eigenvalue weighted by atomic mass is 10.1. The number of aryl methyl sites for hydroxylation is 1. The Hall–Kier alpha value is -1.67. The van der Waals surface area contributed by atoms with Crippen LogP contribution in [0.3, 0.4) is 0 Å². The summed E-state index contributed by atoms with van der Waals surface area (Å²) >= 11 is 1.05. The highest BCUT2D eigenvalue weighted by Gasteiger charge is 2.34. The molecule has 1 saturated heterocycles. The van der Waals surface area contributed by atoms with Gasteiger partial charge in [0.2, 0.25) is 0 Å². The predicted octanol–water partition coefficient (Wildman–Crippen LogP) is 3.84. The molecule has 4 nitrogen and oxygen atoms in total. The van der Waals surface area contributed by atoms with Crippen LogP contribution in [-0.2, 0) is 6.18 Å². The molecule has 1 fully saturated rings. The average Bonchev–Trinajstić information content (AvgIpc) is 3.19. The zero-order valence-electron chi connectivity index (χ0n) is 14.1. The van der Waals surface area contributed by atoms with E-state index in [1.165, 1.54) is 6.07 Å². The van der Waals surface area contributed by atoms with Crippen molar-refractivity contribution in [3.63, 3.8) is 0 Å². The average molecular weight is 371 g/mol. The van der Waals surface area contributed by atoms with E-state index < -0.39 is 11.9 Å². The van der Waals surface area contributed by atoms with Crippen LogP contribution in [0.1, 0.15) is 40.7 Å². The Balaban J connectivity index is 1.98. The second-order valence-corrected chi connectivity index (χ2v) is 7.25. The van der Waals surface area contributed by atoms with Crippen LogP contribution >= 0.6 is 11.3 Å². The maximum atomic E-state index is 13.1. The Labute approximate surface area is 148 Å². The van der Waals surface area contributed by atoms with Crippen molar-refractivity contribution in [1.82, 2.24) is 15.2 Å². The Morgan fingerprint density at radius 3 is 2.80 bits per heavy atom. The van der Waals surface area contributed by atoms with Crippen molar-refractivity contribution in [3.8, 4) is 0 Å². The van der Waals surface area contributed by atoms with Crippen LogP contribution in [0.5, 0.6) is 0 Å². The molecule has 1 amide bonds. The maximum absolute atomic E-state index is 13.1. The molecule has 1 aliphatic heterocycles. The number of nitrogens with one attached hydrogen (secondary N) is 1. The molecule has 0 spiro atoms. The van der Waals surface area contributed by atoms with Crippen LogP contribution in [-0.4, -0.2) is 41.5 Å². The van der Waals surface area contributed by atoms with Gasteiger partial charge in [-0.3, -0.25) is 4.79 Å². The summed E-state index contributed by atoms with van der Waals surface area (Å²) in [5.41, 5.74) is -0.219. The molecule has 8 heteroatoms. The summed E-state index contributed by atoms with van der Waals surface area (Å²) in [5, 5.41) is 3.87. The number of hydrogen-bond donors (Lipinski definition) is 1. The van der Waals surface area contributed by atoms with E-state index in [4.69, 9.17) is 0 Å². The monoisotopic (exact) mass is 371 g/mol. The second-order valence-electron chi connectivity index (χ2n) is 6.25. The quantitative estimate of drug-likeness (QED) is 0.888. The van der Waals surface area contributed by atoms with Gasteiger partial charge in [0.25, 0.3) is 5.91 Å². The largest absolute Gasteiger partial charge is 0.433 e. The van der Waals surface area contributed by atoms with E-state index in [2.05, 4.69) is 10.3 Å². The lowest BCUT2D eigenvalue weighted by Crippen LogP contribution is -2.42. The number of rotatable bonds is 4. The number of amides is 1. The van der Waals surface area contributed by atoms with E-state index in [1.807, 2.05) is 11.8 Å². The Kier molecular flexibility index (Phi) is 5.02. The first kappa shape index (κ1) is 18.1. The third-order valence-electron chi connectivity index (χ3n) is 4.49. The van der Waals surface area contributed by atoms with Gasteiger partial charge in [0, 0.05) is 24.5 Å². The molecule has 136 valence electrons. The summed E-state index contributed by atoms with van der Waals surface area (Å²) < 4.78 is 38.6. The smallest absolute Gasteiger partial charge is 0.334 e. The predicted molar refractivity (Wildman–Crippen MR) is 92.0 cm³/mol. The van der Waals surface area contributed by atoms with E-state index >= 15 is 0 Å². The van der Waals surface area contributed by atoms with Crippen LogP contribution in [0.2, 0.25) is 0 Å². The fourth-order valence-corrected chi connectivity index (χ4v) is 4.32. The number of aromatic nitrogens is 1. The minimum absolute atomic E-state index is 0.107. The summed E-state index contributed by atoms with van der Waals surface area (Å²) in [5.74, 6) is -0.107. The van der Waals surface area contributed by atoms with Crippen LogP contribution in [0.25, 0.3) is 10.2 Å². The molecule has 0 aliphatic carbocycles. The topological polar surface area (TPSA) is 45.2 Å². The zero-order valence-corrected chi connectivity index (χ0v) is 14.9. The van der Waals surface area contributed by atoms with Crippen molar-refractivity contribution in [2.45, 2.75) is 38.9 Å². The van der Waals surface area contributed by atoms with E-state index in [9.17, 15) is 18.0 Å². The van der Waals surface area contributed by atoms with Crippen LogP contribution < -0.4 is 5.32 Å². The second kappa shape index (κ2) is 6.92. The summed E-state index contributed by atoms with van der Waals surface area (Å²) in [4.78, 5) is 19.4. The molecule has 3 rings (SSSR count). The Morgan fingerprint density at radius 2 is 2.20 bits per heavy atom. The van der Waals surface area contributed by atoms with Crippen molar-refractivity contribution in [2.24, 2.45) is 0 Å². The minimum atomic E-state index is -4.49. The van der Waals surface area contributed by atoms with Gasteiger partial charge in [-0.2, -0.15) is 13.2 Å². The maximum Gasteiger partial charge on any atom is 0.433 e. The van der Waals surface area contributed by atoms with E-state index in [0.717, 1.165) is 43.3 Å². The number of halogens is 3. The summed E-state index contributed by atoms with van der Waals surface area (Å²) in [6, 6.07) is 2.52. The highest BCUT2D eigenvalue weighted by Crippen LogP contribution is 2.35. The zero-order chi connectivity index (χ0) is 18.2. The molecule has 25 heavy (non-hydrogen) atoms. The lowest BCUT2D eigenvalue weighted by Gasteiger charge is -2.28. The SMILES string of the molecule is CCCN(C(=O)c1sc2nc(C(F)(F)F)ccc2c1C)C1CCNC1. The lowest BCUT2D eigenvalue weighted by molar-refractivity contribution is -0.140. The standard InChI is InChI=1S/C17H20F3N3OS/c1-3-8-23(11-6-7-21-9-11)16(24)14-10(2)12-4-5-13(17(18,19)20)22-15(12)25-14/h4-5,11,21H,3,6-9H2,1-2H3. The third-order valence-corrected chi connectivity index (χ3v) is 5.68. The molecular weight excluding hydrogens is 351 g/mol. The number of carbonyl (C=O) groups excluding carboxylic acids is 1. The molecule has 0 bridgehead atoms. The highest BCUT2D eigenvalue weighted by molar-refractivity contribution is 7.20. The number of nitrogens with zero attached hydrogens (tertiary/aromatic N) is 2. The van der Waals surface area contributed by atoms with Crippen molar-refractivity contribution < 1.29 is 18.0 Å². The molecule has 0 radical (unpaired) electrons. The first-order chi connectivity index (χ1) is 11.8. The first-order valence-corrected chi connectivity index (χ1v) is 9.13. The van der Waals surface area contributed by atoms with Crippen LogP contribution in [0.4, 0.5) is 13.2 Å². The summed E-state index contributed by atoms with van der Waals surface area (Å²) in [6.45, 7) is 6.06. The molecule has 2 aromatic rings. The Morgan fingerprint density at radius 1 is 1.44 bits per heavy atom. The fraction of sp³-hybridized carbons (Fsp3) is 0.529. The van der Waals surface area contributed by atoms with Crippen molar-refractivity contribution in [3.05, 3.63) is 28.3 Å². The number of pyridine rings is 1. The van der Waals surface area contributed by atoms with Gasteiger partial charge in [0.05, 0.1) is 4.88 Å². The summed E-state index contributed by atoms with van der Waals surface area (Å²) in [6.07, 6.45) is -2.76. The molecule has 2 aromatic heterocycles. The molecule has 0 saturated carbocycles. The number of carbonyl (C=O) groups is 1. The number of hydrogen-bond acceptors (Lipinski definition) is 4. The van der Waals surface area contributed by atoms with Gasteiger partial charge in [-0.1, -0.05) is 6.92 Å². The van der Waals surface area contributed by atoms with Gasteiger partial charge in [-0.25, -0.2) is 4.98 Å². The van der Waals surface area contributed by atoms with Gasteiger partial charge in [-0.15, -0.1) is 11.3 Å². The molecular formula is C17H20F3N3OS. The van der Waals surface area contributed by atoms with E-state index in [0.29, 0.717) is 22.4 Å². The molecule has 1 atom stereocenters. The minimum Gasteiger partial charge on any atom is -0.334 e. The van der Waals surface area contributed by atoms with Crippen molar-refractivity contribution in [2.75, 3.05) is 19.6 Å². The fourth-order valence-electron chi connectivity index (χ4n) is 3.19. The number of fused-ring (bicyclic) bond motifs is 1. The molecule has 1 N–H and O–H groups in total.